The van der Waals surface area contributed by atoms with Crippen LogP contribution in [0.25, 0.3) is 0 Å². The van der Waals surface area contributed by atoms with Crippen molar-refractivity contribution in [2.24, 2.45) is 4.99 Å². The van der Waals surface area contributed by atoms with E-state index in [1.807, 2.05) is 0 Å². The van der Waals surface area contributed by atoms with Crippen molar-refractivity contribution in [3.05, 3.63) is 35.6 Å². The van der Waals surface area contributed by atoms with Crippen LogP contribution in [0.4, 0.5) is 4.39 Å². The molecule has 1 aliphatic heterocycles. The fourth-order valence-corrected chi connectivity index (χ4v) is 2.13. The molecular weight excluding hydrogens is 243 g/mol. The molecule has 1 aromatic rings. The molecule has 2 amide bonds. The molecule has 1 N–H and O–H groups in total. The van der Waals surface area contributed by atoms with E-state index in [4.69, 9.17) is 0 Å². The van der Waals surface area contributed by atoms with E-state index in [-0.39, 0.29) is 18.1 Å². The summed E-state index contributed by atoms with van der Waals surface area (Å²) in [6.07, 6.45) is -0.194. The van der Waals surface area contributed by atoms with Crippen LogP contribution < -0.4 is 5.32 Å². The van der Waals surface area contributed by atoms with E-state index in [2.05, 4.69) is 10.3 Å². The number of carbonyl (C=O) groups excluding carboxylic acids is 2. The van der Waals surface area contributed by atoms with Gasteiger partial charge in [-0.25, -0.2) is 4.39 Å². The molecular formula is C11H9FN2O2S. The van der Waals surface area contributed by atoms with Crippen LogP contribution in [-0.4, -0.2) is 17.0 Å². The molecule has 0 saturated heterocycles. The number of benzene rings is 1. The van der Waals surface area contributed by atoms with Crippen molar-refractivity contribution in [1.82, 2.24) is 5.32 Å². The fraction of sp³-hybridized carbons (Fsp3) is 0.182. The predicted octanol–water partition coefficient (Wildman–Crippen LogP) is 1.46. The van der Waals surface area contributed by atoms with E-state index in [1.54, 1.807) is 12.1 Å². The molecule has 1 aliphatic rings. The summed E-state index contributed by atoms with van der Waals surface area (Å²) in [5, 5.41) is 2.81. The van der Waals surface area contributed by atoms with Gasteiger partial charge in [0, 0.05) is 5.75 Å². The minimum Gasteiger partial charge on any atom is -0.305 e. The molecule has 17 heavy (non-hydrogen) atoms. The number of amidine groups is 1. The first-order valence-corrected chi connectivity index (χ1v) is 5.90. The average molecular weight is 252 g/mol. The molecule has 0 spiro atoms. The lowest BCUT2D eigenvalue weighted by Gasteiger charge is -2.11. The number of rotatable bonds is 2. The number of hydrogen-bond acceptors (Lipinski definition) is 3. The third kappa shape index (κ3) is 3.39. The lowest BCUT2D eigenvalue weighted by molar-refractivity contribution is -0.127. The van der Waals surface area contributed by atoms with Crippen LogP contribution in [-0.2, 0) is 15.3 Å². The second-order valence-electron chi connectivity index (χ2n) is 3.45. The Balaban J connectivity index is 1.96. The van der Waals surface area contributed by atoms with Crippen molar-refractivity contribution < 1.29 is 14.0 Å². The Hall–Kier alpha value is -1.69. The second kappa shape index (κ2) is 5.09. The summed E-state index contributed by atoms with van der Waals surface area (Å²) in [5.74, 6) is -0.550. The molecule has 0 bridgehead atoms. The van der Waals surface area contributed by atoms with Gasteiger partial charge in [-0.2, -0.15) is 4.99 Å². The highest BCUT2D eigenvalue weighted by molar-refractivity contribution is 8.13. The lowest BCUT2D eigenvalue weighted by Crippen LogP contribution is -2.34. The zero-order chi connectivity index (χ0) is 12.3. The standard InChI is InChI=1S/C11H9FN2O2S/c12-8-3-1-7(2-4-8)6-17-11-13-9(15)5-10(16)14-11/h1-4H,5-6H2,(H,13,14,15,16). The van der Waals surface area contributed by atoms with E-state index in [0.29, 0.717) is 10.9 Å². The van der Waals surface area contributed by atoms with Gasteiger partial charge in [-0.05, 0) is 17.7 Å². The third-order valence-electron chi connectivity index (χ3n) is 2.07. The van der Waals surface area contributed by atoms with Gasteiger partial charge in [0.2, 0.25) is 5.91 Å². The number of hydrogen-bond donors (Lipinski definition) is 1. The number of thioether (sulfide) groups is 1. The number of amides is 2. The summed E-state index contributed by atoms with van der Waals surface area (Å²) in [6.45, 7) is 0. The molecule has 0 aromatic heterocycles. The maximum absolute atomic E-state index is 12.7. The van der Waals surface area contributed by atoms with Crippen LogP contribution in [0.1, 0.15) is 12.0 Å². The van der Waals surface area contributed by atoms with E-state index in [9.17, 15) is 14.0 Å². The molecule has 0 unspecified atom stereocenters. The van der Waals surface area contributed by atoms with E-state index in [1.165, 1.54) is 23.9 Å². The smallest absolute Gasteiger partial charge is 0.257 e. The van der Waals surface area contributed by atoms with Crippen LogP contribution in [0, 0.1) is 5.82 Å². The molecule has 0 radical (unpaired) electrons. The van der Waals surface area contributed by atoms with Crippen LogP contribution >= 0.6 is 11.8 Å². The highest BCUT2D eigenvalue weighted by atomic mass is 32.2. The first-order valence-electron chi connectivity index (χ1n) is 4.92. The first-order chi connectivity index (χ1) is 8.13. The van der Waals surface area contributed by atoms with Gasteiger partial charge in [0.15, 0.2) is 5.17 Å². The highest BCUT2D eigenvalue weighted by Crippen LogP contribution is 2.15. The summed E-state index contributed by atoms with van der Waals surface area (Å²) >= 11 is 1.24. The van der Waals surface area contributed by atoms with Gasteiger partial charge in [-0.15, -0.1) is 0 Å². The second-order valence-corrected chi connectivity index (χ2v) is 4.41. The van der Waals surface area contributed by atoms with E-state index in [0.717, 1.165) is 5.56 Å². The summed E-state index contributed by atoms with van der Waals surface area (Å²) in [6, 6.07) is 6.02. The minimum absolute atomic E-state index is 0.194. The number of aliphatic imine (C=N–C) groups is 1. The van der Waals surface area contributed by atoms with Gasteiger partial charge in [0.25, 0.3) is 5.91 Å². The van der Waals surface area contributed by atoms with Crippen molar-refractivity contribution in [2.75, 3.05) is 0 Å². The lowest BCUT2D eigenvalue weighted by atomic mass is 10.2. The quantitative estimate of drug-likeness (QED) is 0.811. The van der Waals surface area contributed by atoms with Crippen LogP contribution in [0.2, 0.25) is 0 Å². The van der Waals surface area contributed by atoms with Crippen LogP contribution in [0.15, 0.2) is 29.3 Å². The average Bonchev–Trinajstić information content (AvgIpc) is 2.27. The highest BCUT2D eigenvalue weighted by Gasteiger charge is 2.18. The summed E-state index contributed by atoms with van der Waals surface area (Å²) in [7, 11) is 0. The molecule has 6 heteroatoms. The molecule has 2 rings (SSSR count). The fourth-order valence-electron chi connectivity index (χ4n) is 1.28. The van der Waals surface area contributed by atoms with Gasteiger partial charge in [0.05, 0.1) is 0 Å². The normalized spacial score (nSPS) is 15.5. The maximum Gasteiger partial charge on any atom is 0.257 e. The number of nitrogens with zero attached hydrogens (tertiary/aromatic N) is 1. The zero-order valence-corrected chi connectivity index (χ0v) is 9.59. The van der Waals surface area contributed by atoms with E-state index >= 15 is 0 Å². The Kier molecular flexibility index (Phi) is 3.53. The Morgan fingerprint density at radius 1 is 1.29 bits per heavy atom. The first kappa shape index (κ1) is 11.8. The maximum atomic E-state index is 12.7. The summed E-state index contributed by atoms with van der Waals surface area (Å²) < 4.78 is 12.7. The van der Waals surface area contributed by atoms with Crippen molar-refractivity contribution in [2.45, 2.75) is 12.2 Å². The topological polar surface area (TPSA) is 58.5 Å². The number of carbonyl (C=O) groups is 2. The molecule has 88 valence electrons. The SMILES string of the molecule is O=C1CC(=O)NC(SCc2ccc(F)cc2)=N1. The molecule has 4 nitrogen and oxygen atoms in total. The number of halogens is 1. The molecule has 1 heterocycles. The Morgan fingerprint density at radius 2 is 2.00 bits per heavy atom. The van der Waals surface area contributed by atoms with Crippen molar-refractivity contribution in [1.29, 1.82) is 0 Å². The predicted molar refractivity (Wildman–Crippen MR) is 62.9 cm³/mol. The third-order valence-corrected chi connectivity index (χ3v) is 3.02. The van der Waals surface area contributed by atoms with Gasteiger partial charge >= 0.3 is 0 Å². The molecule has 0 saturated carbocycles. The Labute approximate surface area is 101 Å². The van der Waals surface area contributed by atoms with Gasteiger partial charge in [-0.3, -0.25) is 9.59 Å². The summed E-state index contributed by atoms with van der Waals surface area (Å²) in [5.41, 5.74) is 0.895. The monoisotopic (exact) mass is 252 g/mol. The van der Waals surface area contributed by atoms with Crippen molar-refractivity contribution in [3.63, 3.8) is 0 Å². The van der Waals surface area contributed by atoms with Gasteiger partial charge < -0.3 is 5.32 Å². The van der Waals surface area contributed by atoms with Gasteiger partial charge in [-0.1, -0.05) is 23.9 Å². The van der Waals surface area contributed by atoms with Crippen LogP contribution in [0.5, 0.6) is 0 Å². The zero-order valence-electron chi connectivity index (χ0n) is 8.77. The molecule has 0 atom stereocenters. The Bertz CT molecular complexity index is 485. The summed E-state index contributed by atoms with van der Waals surface area (Å²) in [4.78, 5) is 25.8. The molecule has 0 aliphatic carbocycles. The largest absolute Gasteiger partial charge is 0.305 e. The molecule has 1 aromatic carbocycles. The minimum atomic E-state index is -0.435. The Morgan fingerprint density at radius 3 is 2.65 bits per heavy atom. The molecule has 0 fully saturated rings. The van der Waals surface area contributed by atoms with Crippen LogP contribution in [0.3, 0.4) is 0 Å². The van der Waals surface area contributed by atoms with Gasteiger partial charge in [0.1, 0.15) is 12.2 Å². The van der Waals surface area contributed by atoms with E-state index < -0.39 is 5.91 Å². The van der Waals surface area contributed by atoms with Crippen molar-refractivity contribution in [3.8, 4) is 0 Å². The van der Waals surface area contributed by atoms with Crippen molar-refractivity contribution >= 4 is 28.7 Å². The number of nitrogens with one attached hydrogen (secondary N) is 1.